The topological polar surface area (TPSA) is 21.3 Å². The van der Waals surface area contributed by atoms with E-state index in [1.54, 1.807) is 7.11 Å². The fraction of sp³-hybridized carbons (Fsp3) is 0.250. The summed E-state index contributed by atoms with van der Waals surface area (Å²) in [5.74, 6) is -1.11. The Balaban J connectivity index is 2.15. The van der Waals surface area contributed by atoms with Crippen molar-refractivity contribution in [2.45, 2.75) is 12.6 Å². The van der Waals surface area contributed by atoms with Gasteiger partial charge in [-0.05, 0) is 28.8 Å². The molecule has 0 spiro atoms. The zero-order valence-corrected chi connectivity index (χ0v) is 11.1. The van der Waals surface area contributed by atoms with Crippen LogP contribution < -0.4 is 5.32 Å². The van der Waals surface area contributed by atoms with Gasteiger partial charge in [-0.25, -0.2) is 8.78 Å². The number of hydrogen-bond acceptors (Lipinski definition) is 2. The van der Waals surface area contributed by atoms with Gasteiger partial charge in [0.25, 0.3) is 0 Å². The molecule has 0 aliphatic carbocycles. The largest absolute Gasteiger partial charge is 0.375 e. The molecule has 1 aliphatic heterocycles. The van der Waals surface area contributed by atoms with Gasteiger partial charge in [0.2, 0.25) is 0 Å². The molecular formula is C16H15F2NO. The molecule has 0 bridgehead atoms. The predicted octanol–water partition coefficient (Wildman–Crippen LogP) is 3.42. The van der Waals surface area contributed by atoms with Crippen molar-refractivity contribution in [3.63, 3.8) is 0 Å². The third kappa shape index (κ3) is 2.21. The Morgan fingerprint density at radius 1 is 1.15 bits per heavy atom. The van der Waals surface area contributed by atoms with Crippen molar-refractivity contribution in [2.75, 3.05) is 13.7 Å². The van der Waals surface area contributed by atoms with Gasteiger partial charge in [-0.3, -0.25) is 0 Å². The van der Waals surface area contributed by atoms with Crippen LogP contribution in [0, 0.1) is 11.6 Å². The van der Waals surface area contributed by atoms with Gasteiger partial charge in [0.1, 0.15) is 11.6 Å². The third-order valence-corrected chi connectivity index (χ3v) is 3.70. The Labute approximate surface area is 116 Å². The number of nitrogens with one attached hydrogen (secondary N) is 1. The van der Waals surface area contributed by atoms with Gasteiger partial charge in [-0.2, -0.15) is 0 Å². The minimum absolute atomic E-state index is 0.0396. The average Bonchev–Trinajstić information content (AvgIpc) is 2.46. The molecule has 2 aromatic carbocycles. The highest BCUT2D eigenvalue weighted by atomic mass is 19.1. The summed E-state index contributed by atoms with van der Waals surface area (Å²) in [6.07, 6.45) is -0.0396. The summed E-state index contributed by atoms with van der Waals surface area (Å²) in [7, 11) is 1.66. The van der Waals surface area contributed by atoms with Gasteiger partial charge in [0.15, 0.2) is 0 Å². The van der Waals surface area contributed by atoms with Crippen molar-refractivity contribution in [1.82, 2.24) is 5.32 Å². The second kappa shape index (κ2) is 5.31. The molecule has 1 aliphatic rings. The molecule has 0 aromatic heterocycles. The van der Waals surface area contributed by atoms with Crippen LogP contribution in [0.15, 0.2) is 36.4 Å². The zero-order chi connectivity index (χ0) is 14.1. The molecule has 1 heterocycles. The lowest BCUT2D eigenvalue weighted by Gasteiger charge is -2.27. The van der Waals surface area contributed by atoms with Gasteiger partial charge in [0.05, 0.1) is 6.10 Å². The number of fused-ring (bicyclic) bond motifs is 1. The van der Waals surface area contributed by atoms with Crippen LogP contribution in [0.5, 0.6) is 0 Å². The number of rotatable bonds is 2. The molecule has 0 saturated carbocycles. The monoisotopic (exact) mass is 275 g/mol. The summed E-state index contributed by atoms with van der Waals surface area (Å²) >= 11 is 0. The fourth-order valence-corrected chi connectivity index (χ4v) is 2.71. The Bertz CT molecular complexity index is 642. The Hall–Kier alpha value is -1.78. The highest BCUT2D eigenvalue weighted by molar-refractivity contribution is 5.70. The van der Waals surface area contributed by atoms with E-state index < -0.39 is 11.6 Å². The van der Waals surface area contributed by atoms with Crippen molar-refractivity contribution in [3.8, 4) is 11.1 Å². The average molecular weight is 275 g/mol. The summed E-state index contributed by atoms with van der Waals surface area (Å²) < 4.78 is 32.5. The van der Waals surface area contributed by atoms with Gasteiger partial charge in [-0.1, -0.05) is 18.2 Å². The van der Waals surface area contributed by atoms with E-state index in [0.717, 1.165) is 29.3 Å². The first kappa shape index (κ1) is 13.2. The highest BCUT2D eigenvalue weighted by Crippen LogP contribution is 2.34. The smallest absolute Gasteiger partial charge is 0.133 e. The number of halogens is 2. The Morgan fingerprint density at radius 2 is 2.00 bits per heavy atom. The summed E-state index contributed by atoms with van der Waals surface area (Å²) in [4.78, 5) is 0. The molecule has 1 N–H and O–H groups in total. The molecular weight excluding hydrogens is 260 g/mol. The number of hydrogen-bond donors (Lipinski definition) is 1. The molecule has 1 atom stereocenters. The van der Waals surface area contributed by atoms with Crippen molar-refractivity contribution in [2.24, 2.45) is 0 Å². The van der Waals surface area contributed by atoms with Crippen LogP contribution >= 0.6 is 0 Å². The summed E-state index contributed by atoms with van der Waals surface area (Å²) in [6.45, 7) is 1.39. The van der Waals surface area contributed by atoms with Crippen molar-refractivity contribution >= 4 is 0 Å². The van der Waals surface area contributed by atoms with E-state index in [-0.39, 0.29) is 6.10 Å². The fourth-order valence-electron chi connectivity index (χ4n) is 2.71. The first-order valence-corrected chi connectivity index (χ1v) is 6.51. The predicted molar refractivity (Wildman–Crippen MR) is 73.3 cm³/mol. The maximum atomic E-state index is 14.0. The van der Waals surface area contributed by atoms with Crippen LogP contribution in [0.2, 0.25) is 0 Å². The Kier molecular flexibility index (Phi) is 3.51. The molecule has 2 nitrogen and oxygen atoms in total. The number of ether oxygens (including phenoxy) is 1. The van der Waals surface area contributed by atoms with E-state index in [9.17, 15) is 8.78 Å². The first-order chi connectivity index (χ1) is 9.70. The lowest BCUT2D eigenvalue weighted by molar-refractivity contribution is 0.0956. The van der Waals surface area contributed by atoms with Crippen LogP contribution in [-0.4, -0.2) is 13.7 Å². The van der Waals surface area contributed by atoms with Gasteiger partial charge in [0, 0.05) is 31.8 Å². The molecule has 1 unspecified atom stereocenters. The lowest BCUT2D eigenvalue weighted by atomic mass is 9.90. The molecule has 0 radical (unpaired) electrons. The van der Waals surface area contributed by atoms with Crippen LogP contribution in [0.4, 0.5) is 8.78 Å². The van der Waals surface area contributed by atoms with Gasteiger partial charge in [-0.15, -0.1) is 0 Å². The van der Waals surface area contributed by atoms with E-state index in [1.165, 1.54) is 12.1 Å². The van der Waals surface area contributed by atoms with Crippen molar-refractivity contribution in [3.05, 3.63) is 59.2 Å². The molecule has 104 valence electrons. The number of benzene rings is 2. The van der Waals surface area contributed by atoms with Crippen LogP contribution in [-0.2, 0) is 11.3 Å². The standard InChI is InChI=1S/C16H15F2NO/c1-20-16-9-19-8-14-11(3-2-4-13(14)16)12-6-5-10(17)7-15(12)18/h2-7,16,19H,8-9H2,1H3. The minimum atomic E-state index is -0.566. The highest BCUT2D eigenvalue weighted by Gasteiger charge is 2.22. The maximum absolute atomic E-state index is 14.0. The quantitative estimate of drug-likeness (QED) is 0.906. The van der Waals surface area contributed by atoms with Crippen LogP contribution in [0.1, 0.15) is 17.2 Å². The van der Waals surface area contributed by atoms with E-state index >= 15 is 0 Å². The molecule has 3 rings (SSSR count). The molecule has 0 fully saturated rings. The first-order valence-electron chi connectivity index (χ1n) is 6.51. The van der Waals surface area contributed by atoms with E-state index in [2.05, 4.69) is 5.32 Å². The number of methoxy groups -OCH3 is 1. The van der Waals surface area contributed by atoms with E-state index in [1.807, 2.05) is 18.2 Å². The van der Waals surface area contributed by atoms with E-state index in [0.29, 0.717) is 12.1 Å². The zero-order valence-electron chi connectivity index (χ0n) is 11.1. The van der Waals surface area contributed by atoms with Crippen LogP contribution in [0.25, 0.3) is 11.1 Å². The second-order valence-electron chi connectivity index (χ2n) is 4.85. The molecule has 4 heteroatoms. The molecule has 0 amide bonds. The third-order valence-electron chi connectivity index (χ3n) is 3.70. The summed E-state index contributed by atoms with van der Waals surface area (Å²) in [5, 5.41) is 3.26. The maximum Gasteiger partial charge on any atom is 0.133 e. The van der Waals surface area contributed by atoms with Crippen molar-refractivity contribution < 1.29 is 13.5 Å². The normalized spacial score (nSPS) is 17.9. The molecule has 0 saturated heterocycles. The van der Waals surface area contributed by atoms with Gasteiger partial charge >= 0.3 is 0 Å². The van der Waals surface area contributed by atoms with Crippen molar-refractivity contribution in [1.29, 1.82) is 0 Å². The summed E-state index contributed by atoms with van der Waals surface area (Å²) in [6, 6.07) is 9.41. The van der Waals surface area contributed by atoms with Gasteiger partial charge < -0.3 is 10.1 Å². The van der Waals surface area contributed by atoms with E-state index in [4.69, 9.17) is 4.74 Å². The second-order valence-corrected chi connectivity index (χ2v) is 4.85. The SMILES string of the molecule is COC1CNCc2c(-c3ccc(F)cc3F)cccc21. The van der Waals surface area contributed by atoms with Crippen LogP contribution in [0.3, 0.4) is 0 Å². The Morgan fingerprint density at radius 3 is 2.75 bits per heavy atom. The summed E-state index contributed by atoms with van der Waals surface area (Å²) in [5.41, 5.74) is 3.28. The minimum Gasteiger partial charge on any atom is -0.375 e. The lowest BCUT2D eigenvalue weighted by Crippen LogP contribution is -2.29. The molecule has 2 aromatic rings. The molecule has 20 heavy (non-hydrogen) atoms.